The molecular formula is C22H19Br. The number of benzene rings is 3. The van der Waals surface area contributed by atoms with Gasteiger partial charge in [0.25, 0.3) is 0 Å². The van der Waals surface area contributed by atoms with Crippen LogP contribution < -0.4 is 0 Å². The number of fused-ring (bicyclic) bond motifs is 3. The number of hydrogen-bond acceptors (Lipinski definition) is 0. The highest BCUT2D eigenvalue weighted by Gasteiger charge is 2.34. The summed E-state index contributed by atoms with van der Waals surface area (Å²) in [4.78, 5) is 0. The third-order valence-electron chi connectivity index (χ3n) is 5.00. The van der Waals surface area contributed by atoms with Gasteiger partial charge in [-0.05, 0) is 45.9 Å². The van der Waals surface area contributed by atoms with Crippen molar-refractivity contribution in [3.63, 3.8) is 0 Å². The highest BCUT2D eigenvalue weighted by atomic mass is 79.9. The van der Waals surface area contributed by atoms with Gasteiger partial charge in [0.2, 0.25) is 0 Å². The van der Waals surface area contributed by atoms with E-state index in [2.05, 4.69) is 96.5 Å². The second kappa shape index (κ2) is 5.35. The maximum Gasteiger partial charge on any atom is 0.0210 e. The van der Waals surface area contributed by atoms with Crippen LogP contribution in [0, 0.1) is 0 Å². The van der Waals surface area contributed by atoms with Crippen molar-refractivity contribution in [3.8, 4) is 11.1 Å². The SMILES string of the molecule is CC1(C)c2ccccc2-c2ccc(Cc3ccccc3Br)cc21. The molecule has 0 saturated carbocycles. The summed E-state index contributed by atoms with van der Waals surface area (Å²) in [5.74, 6) is 0. The summed E-state index contributed by atoms with van der Waals surface area (Å²) < 4.78 is 1.18. The van der Waals surface area contributed by atoms with Crippen LogP contribution in [0.4, 0.5) is 0 Å². The van der Waals surface area contributed by atoms with Gasteiger partial charge in [-0.15, -0.1) is 0 Å². The molecular weight excluding hydrogens is 344 g/mol. The summed E-state index contributed by atoms with van der Waals surface area (Å²) >= 11 is 3.66. The first kappa shape index (κ1) is 14.7. The van der Waals surface area contributed by atoms with Crippen molar-refractivity contribution in [2.45, 2.75) is 25.7 Å². The minimum atomic E-state index is 0.0792. The lowest BCUT2D eigenvalue weighted by Gasteiger charge is -2.22. The maximum absolute atomic E-state index is 3.66. The fraction of sp³-hybridized carbons (Fsp3) is 0.182. The predicted octanol–water partition coefficient (Wildman–Crippen LogP) is 6.35. The highest BCUT2D eigenvalue weighted by molar-refractivity contribution is 9.10. The smallest absolute Gasteiger partial charge is 0.0210 e. The van der Waals surface area contributed by atoms with Gasteiger partial charge in [0.05, 0.1) is 0 Å². The Kier molecular flexibility index (Phi) is 3.42. The highest BCUT2D eigenvalue weighted by Crippen LogP contribution is 2.48. The fourth-order valence-electron chi connectivity index (χ4n) is 3.72. The van der Waals surface area contributed by atoms with Crippen molar-refractivity contribution in [1.82, 2.24) is 0 Å². The molecule has 1 aliphatic rings. The van der Waals surface area contributed by atoms with Gasteiger partial charge in [-0.25, -0.2) is 0 Å². The molecule has 0 spiro atoms. The van der Waals surface area contributed by atoms with E-state index < -0.39 is 0 Å². The second-order valence-corrected chi connectivity index (χ2v) is 7.67. The second-order valence-electron chi connectivity index (χ2n) is 6.82. The molecule has 0 nitrogen and oxygen atoms in total. The van der Waals surface area contributed by atoms with Crippen LogP contribution in [0.15, 0.2) is 71.2 Å². The van der Waals surface area contributed by atoms with Crippen LogP contribution in [0.1, 0.15) is 36.1 Å². The first-order valence-electron chi connectivity index (χ1n) is 8.04. The zero-order valence-electron chi connectivity index (χ0n) is 13.4. The molecule has 0 bridgehead atoms. The monoisotopic (exact) mass is 362 g/mol. The molecule has 0 unspecified atom stereocenters. The Morgan fingerprint density at radius 1 is 0.783 bits per heavy atom. The first-order valence-corrected chi connectivity index (χ1v) is 8.83. The van der Waals surface area contributed by atoms with Gasteiger partial charge >= 0.3 is 0 Å². The molecule has 1 aliphatic carbocycles. The van der Waals surface area contributed by atoms with Crippen molar-refractivity contribution in [2.75, 3.05) is 0 Å². The fourth-order valence-corrected chi connectivity index (χ4v) is 4.15. The van der Waals surface area contributed by atoms with Crippen LogP contribution in [0.3, 0.4) is 0 Å². The van der Waals surface area contributed by atoms with Gasteiger partial charge in [-0.1, -0.05) is 90.4 Å². The normalized spacial score (nSPS) is 14.4. The molecule has 0 aliphatic heterocycles. The van der Waals surface area contributed by atoms with E-state index in [1.807, 2.05) is 0 Å². The quantitative estimate of drug-likeness (QED) is 0.498. The van der Waals surface area contributed by atoms with Gasteiger partial charge in [-0.2, -0.15) is 0 Å². The van der Waals surface area contributed by atoms with Gasteiger partial charge in [0, 0.05) is 9.89 Å². The van der Waals surface area contributed by atoms with Crippen LogP contribution in [0.25, 0.3) is 11.1 Å². The van der Waals surface area contributed by atoms with E-state index in [1.54, 1.807) is 0 Å². The molecule has 0 N–H and O–H groups in total. The molecule has 0 amide bonds. The molecule has 3 aromatic carbocycles. The minimum absolute atomic E-state index is 0.0792. The van der Waals surface area contributed by atoms with Gasteiger partial charge in [0.1, 0.15) is 0 Å². The molecule has 1 heteroatoms. The van der Waals surface area contributed by atoms with Gasteiger partial charge in [0.15, 0.2) is 0 Å². The molecule has 0 fully saturated rings. The van der Waals surface area contributed by atoms with Crippen LogP contribution in [-0.4, -0.2) is 0 Å². The predicted molar refractivity (Wildman–Crippen MR) is 101 cm³/mol. The van der Waals surface area contributed by atoms with E-state index >= 15 is 0 Å². The minimum Gasteiger partial charge on any atom is -0.0619 e. The van der Waals surface area contributed by atoms with Crippen LogP contribution in [0.2, 0.25) is 0 Å². The lowest BCUT2D eigenvalue weighted by molar-refractivity contribution is 0.659. The molecule has 4 rings (SSSR count). The van der Waals surface area contributed by atoms with Crippen LogP contribution in [-0.2, 0) is 11.8 Å². The summed E-state index contributed by atoms with van der Waals surface area (Å²) in [6, 6.07) is 24.2. The summed E-state index contributed by atoms with van der Waals surface area (Å²) in [7, 11) is 0. The Bertz CT molecular complexity index is 890. The number of rotatable bonds is 2. The third kappa shape index (κ3) is 2.35. The Morgan fingerprint density at radius 2 is 1.48 bits per heavy atom. The Labute approximate surface area is 146 Å². The Hall–Kier alpha value is -1.86. The Balaban J connectivity index is 1.79. The molecule has 0 saturated heterocycles. The van der Waals surface area contributed by atoms with Gasteiger partial charge in [-0.3, -0.25) is 0 Å². The summed E-state index contributed by atoms with van der Waals surface area (Å²) in [6.07, 6.45) is 0.959. The molecule has 0 atom stereocenters. The summed E-state index contributed by atoms with van der Waals surface area (Å²) in [5, 5.41) is 0. The van der Waals surface area contributed by atoms with E-state index in [0.29, 0.717) is 0 Å². The average Bonchev–Trinajstić information content (AvgIpc) is 2.78. The number of halogens is 1. The number of hydrogen-bond donors (Lipinski definition) is 0. The van der Waals surface area contributed by atoms with E-state index in [4.69, 9.17) is 0 Å². The van der Waals surface area contributed by atoms with E-state index in [0.717, 1.165) is 6.42 Å². The zero-order chi connectivity index (χ0) is 16.0. The summed E-state index contributed by atoms with van der Waals surface area (Å²) in [5.41, 5.74) is 8.45. The summed E-state index contributed by atoms with van der Waals surface area (Å²) in [6.45, 7) is 4.67. The van der Waals surface area contributed by atoms with Crippen molar-refractivity contribution >= 4 is 15.9 Å². The van der Waals surface area contributed by atoms with Crippen molar-refractivity contribution in [1.29, 1.82) is 0 Å². The van der Waals surface area contributed by atoms with Crippen LogP contribution in [0.5, 0.6) is 0 Å². The van der Waals surface area contributed by atoms with E-state index in [-0.39, 0.29) is 5.41 Å². The standard InChI is InChI=1S/C22H19Br/c1-22(2)19-9-5-4-8-17(19)18-12-11-15(14-20(18)22)13-16-7-3-6-10-21(16)23/h3-12,14H,13H2,1-2H3. The molecule has 0 heterocycles. The molecule has 23 heavy (non-hydrogen) atoms. The topological polar surface area (TPSA) is 0 Å². The lowest BCUT2D eigenvalue weighted by Crippen LogP contribution is -2.15. The van der Waals surface area contributed by atoms with Crippen molar-refractivity contribution in [3.05, 3.63) is 93.5 Å². The lowest BCUT2D eigenvalue weighted by atomic mass is 9.81. The average molecular weight is 363 g/mol. The van der Waals surface area contributed by atoms with Gasteiger partial charge < -0.3 is 0 Å². The first-order chi connectivity index (χ1) is 11.1. The third-order valence-corrected chi connectivity index (χ3v) is 5.77. The molecule has 0 aromatic heterocycles. The molecule has 0 radical (unpaired) electrons. The van der Waals surface area contributed by atoms with E-state index in [9.17, 15) is 0 Å². The zero-order valence-corrected chi connectivity index (χ0v) is 15.0. The van der Waals surface area contributed by atoms with E-state index in [1.165, 1.54) is 37.9 Å². The Morgan fingerprint density at radius 3 is 2.30 bits per heavy atom. The molecule has 3 aromatic rings. The maximum atomic E-state index is 3.66. The van der Waals surface area contributed by atoms with Crippen molar-refractivity contribution in [2.24, 2.45) is 0 Å². The van der Waals surface area contributed by atoms with Crippen LogP contribution >= 0.6 is 15.9 Å². The largest absolute Gasteiger partial charge is 0.0619 e. The molecule has 114 valence electrons. The van der Waals surface area contributed by atoms with Crippen molar-refractivity contribution < 1.29 is 0 Å².